The Morgan fingerprint density at radius 1 is 1.20 bits per heavy atom. The predicted octanol–water partition coefficient (Wildman–Crippen LogP) is 3.36. The summed E-state index contributed by atoms with van der Waals surface area (Å²) in [6, 6.07) is 11.9. The molecule has 106 valence electrons. The number of halogens is 2. The maximum absolute atomic E-state index is 11.3. The van der Waals surface area contributed by atoms with Crippen LogP contribution in [0.4, 0.5) is 5.69 Å². The first-order valence-corrected chi connectivity index (χ1v) is 8.38. The fourth-order valence-corrected chi connectivity index (χ4v) is 2.81. The van der Waals surface area contributed by atoms with Crippen molar-refractivity contribution in [2.24, 2.45) is 5.14 Å². The van der Waals surface area contributed by atoms with Gasteiger partial charge in [-0.25, -0.2) is 13.6 Å². The van der Waals surface area contributed by atoms with Crippen LogP contribution in [0.15, 0.2) is 51.8 Å². The number of nitrogens with one attached hydrogen (secondary N) is 1. The summed E-state index contributed by atoms with van der Waals surface area (Å²) < 4.78 is 23.5. The molecule has 0 aliphatic heterocycles. The van der Waals surface area contributed by atoms with Crippen LogP contribution in [0.25, 0.3) is 0 Å². The standard InChI is InChI=1S/C13H12BrClN2O2S/c14-10-4-5-13(15)9(6-10)8-17-11-2-1-3-12(7-11)20(16,18)19/h1-7,17H,8H2,(H2,16,18,19). The zero-order chi connectivity index (χ0) is 14.8. The molecule has 0 radical (unpaired) electrons. The normalized spacial score (nSPS) is 11.3. The molecular formula is C13H12BrClN2O2S. The van der Waals surface area contributed by atoms with Crippen LogP contribution in [0.3, 0.4) is 0 Å². The lowest BCUT2D eigenvalue weighted by Gasteiger charge is -2.09. The molecule has 0 spiro atoms. The molecule has 0 saturated carbocycles. The van der Waals surface area contributed by atoms with E-state index in [4.69, 9.17) is 16.7 Å². The summed E-state index contributed by atoms with van der Waals surface area (Å²) in [6.45, 7) is 0.479. The van der Waals surface area contributed by atoms with Crippen molar-refractivity contribution in [2.75, 3.05) is 5.32 Å². The molecule has 20 heavy (non-hydrogen) atoms. The molecule has 0 bridgehead atoms. The third kappa shape index (κ3) is 3.96. The third-order valence-electron chi connectivity index (χ3n) is 2.65. The summed E-state index contributed by atoms with van der Waals surface area (Å²) >= 11 is 9.47. The van der Waals surface area contributed by atoms with E-state index in [1.807, 2.05) is 12.1 Å². The van der Waals surface area contributed by atoms with E-state index in [2.05, 4.69) is 21.2 Å². The van der Waals surface area contributed by atoms with Crippen LogP contribution in [0.1, 0.15) is 5.56 Å². The minimum absolute atomic E-state index is 0.0721. The fraction of sp³-hybridized carbons (Fsp3) is 0.0769. The maximum atomic E-state index is 11.3. The molecule has 2 aromatic rings. The highest BCUT2D eigenvalue weighted by molar-refractivity contribution is 9.10. The zero-order valence-electron chi connectivity index (χ0n) is 10.3. The van der Waals surface area contributed by atoms with E-state index in [1.165, 1.54) is 12.1 Å². The second-order valence-electron chi connectivity index (χ2n) is 4.16. The van der Waals surface area contributed by atoms with Gasteiger partial charge in [0.2, 0.25) is 10.0 Å². The van der Waals surface area contributed by atoms with Gasteiger partial charge in [0.25, 0.3) is 0 Å². The lowest BCUT2D eigenvalue weighted by Crippen LogP contribution is -2.12. The lowest BCUT2D eigenvalue weighted by atomic mass is 10.2. The summed E-state index contributed by atoms with van der Waals surface area (Å²) in [6.07, 6.45) is 0. The molecule has 2 aromatic carbocycles. The Kier molecular flexibility index (Phi) is 4.70. The topological polar surface area (TPSA) is 72.2 Å². The Labute approximate surface area is 131 Å². The number of anilines is 1. The molecule has 0 unspecified atom stereocenters. The largest absolute Gasteiger partial charge is 0.381 e. The van der Waals surface area contributed by atoms with Crippen LogP contribution in [0, 0.1) is 0 Å². The average Bonchev–Trinajstić information content (AvgIpc) is 2.39. The SMILES string of the molecule is NS(=O)(=O)c1cccc(NCc2cc(Br)ccc2Cl)c1. The van der Waals surface area contributed by atoms with E-state index in [1.54, 1.807) is 18.2 Å². The zero-order valence-corrected chi connectivity index (χ0v) is 13.5. The van der Waals surface area contributed by atoms with E-state index in [0.717, 1.165) is 10.0 Å². The Morgan fingerprint density at radius 3 is 2.65 bits per heavy atom. The highest BCUT2D eigenvalue weighted by Crippen LogP contribution is 2.22. The molecule has 0 aromatic heterocycles. The summed E-state index contributed by atoms with van der Waals surface area (Å²) in [5, 5.41) is 8.85. The molecule has 0 fully saturated rings. The third-order valence-corrected chi connectivity index (χ3v) is 4.43. The Bertz CT molecular complexity index is 735. The van der Waals surface area contributed by atoms with Gasteiger partial charge >= 0.3 is 0 Å². The minimum Gasteiger partial charge on any atom is -0.381 e. The smallest absolute Gasteiger partial charge is 0.238 e. The van der Waals surface area contributed by atoms with Gasteiger partial charge in [0.15, 0.2) is 0 Å². The maximum Gasteiger partial charge on any atom is 0.238 e. The van der Waals surface area contributed by atoms with E-state index < -0.39 is 10.0 Å². The van der Waals surface area contributed by atoms with Crippen LogP contribution in [-0.4, -0.2) is 8.42 Å². The van der Waals surface area contributed by atoms with Gasteiger partial charge in [-0.15, -0.1) is 0 Å². The minimum atomic E-state index is -3.70. The van der Waals surface area contributed by atoms with Crippen LogP contribution in [-0.2, 0) is 16.6 Å². The number of hydrogen-bond acceptors (Lipinski definition) is 3. The van der Waals surface area contributed by atoms with E-state index >= 15 is 0 Å². The Balaban J connectivity index is 2.17. The van der Waals surface area contributed by atoms with Gasteiger partial charge in [0.05, 0.1) is 4.90 Å². The van der Waals surface area contributed by atoms with E-state index in [9.17, 15) is 8.42 Å². The van der Waals surface area contributed by atoms with Crippen molar-refractivity contribution in [2.45, 2.75) is 11.4 Å². The van der Waals surface area contributed by atoms with Crippen molar-refractivity contribution in [1.29, 1.82) is 0 Å². The molecule has 0 aliphatic carbocycles. The van der Waals surface area contributed by atoms with Crippen molar-refractivity contribution in [3.05, 3.63) is 57.5 Å². The Morgan fingerprint density at radius 2 is 1.95 bits per heavy atom. The van der Waals surface area contributed by atoms with Crippen molar-refractivity contribution < 1.29 is 8.42 Å². The van der Waals surface area contributed by atoms with Gasteiger partial charge < -0.3 is 5.32 Å². The second kappa shape index (κ2) is 6.13. The van der Waals surface area contributed by atoms with Crippen LogP contribution in [0.5, 0.6) is 0 Å². The van der Waals surface area contributed by atoms with Crippen LogP contribution in [0.2, 0.25) is 5.02 Å². The number of primary sulfonamides is 1. The van der Waals surface area contributed by atoms with Gasteiger partial charge in [0, 0.05) is 21.7 Å². The van der Waals surface area contributed by atoms with Gasteiger partial charge in [-0.2, -0.15) is 0 Å². The second-order valence-corrected chi connectivity index (χ2v) is 7.05. The molecule has 0 heterocycles. The predicted molar refractivity (Wildman–Crippen MR) is 84.3 cm³/mol. The van der Waals surface area contributed by atoms with Gasteiger partial charge in [-0.05, 0) is 42.0 Å². The number of nitrogens with two attached hydrogens (primary N) is 1. The van der Waals surface area contributed by atoms with Crippen molar-refractivity contribution in [3.63, 3.8) is 0 Å². The summed E-state index contributed by atoms with van der Waals surface area (Å²) in [5.74, 6) is 0. The molecular weight excluding hydrogens is 364 g/mol. The monoisotopic (exact) mass is 374 g/mol. The first-order valence-electron chi connectivity index (χ1n) is 5.67. The molecule has 2 rings (SSSR count). The van der Waals surface area contributed by atoms with Crippen molar-refractivity contribution >= 4 is 43.2 Å². The average molecular weight is 376 g/mol. The number of sulfonamides is 1. The summed E-state index contributed by atoms with van der Waals surface area (Å²) in [5.41, 5.74) is 1.56. The highest BCUT2D eigenvalue weighted by Gasteiger charge is 2.08. The molecule has 0 aliphatic rings. The van der Waals surface area contributed by atoms with Crippen molar-refractivity contribution in [1.82, 2.24) is 0 Å². The molecule has 0 atom stereocenters. The van der Waals surface area contributed by atoms with Gasteiger partial charge in [-0.1, -0.05) is 33.6 Å². The summed E-state index contributed by atoms with van der Waals surface area (Å²) in [4.78, 5) is 0.0721. The molecule has 0 saturated heterocycles. The number of rotatable bonds is 4. The Hall–Kier alpha value is -1.08. The lowest BCUT2D eigenvalue weighted by molar-refractivity contribution is 0.598. The molecule has 3 N–H and O–H groups in total. The molecule has 4 nitrogen and oxygen atoms in total. The van der Waals surface area contributed by atoms with E-state index in [-0.39, 0.29) is 4.90 Å². The summed E-state index contributed by atoms with van der Waals surface area (Å²) in [7, 11) is -3.70. The van der Waals surface area contributed by atoms with Crippen LogP contribution < -0.4 is 10.5 Å². The first kappa shape index (κ1) is 15.3. The van der Waals surface area contributed by atoms with Gasteiger partial charge in [-0.3, -0.25) is 0 Å². The number of benzene rings is 2. The molecule has 0 amide bonds. The quantitative estimate of drug-likeness (QED) is 0.860. The fourth-order valence-electron chi connectivity index (χ4n) is 1.66. The first-order chi connectivity index (χ1) is 9.36. The van der Waals surface area contributed by atoms with E-state index in [0.29, 0.717) is 17.3 Å². The highest BCUT2D eigenvalue weighted by atomic mass is 79.9. The van der Waals surface area contributed by atoms with Crippen molar-refractivity contribution in [3.8, 4) is 0 Å². The number of hydrogen-bond donors (Lipinski definition) is 2. The van der Waals surface area contributed by atoms with Crippen LogP contribution >= 0.6 is 27.5 Å². The molecule has 7 heteroatoms. The van der Waals surface area contributed by atoms with Gasteiger partial charge in [0.1, 0.15) is 0 Å².